The number of alkyl halides is 1. The molecule has 0 atom stereocenters. The fraction of sp³-hybridized carbons (Fsp3) is 0.900. The lowest BCUT2D eigenvalue weighted by Crippen LogP contribution is -2.37. The van der Waals surface area contributed by atoms with Crippen molar-refractivity contribution in [2.24, 2.45) is 5.92 Å². The lowest BCUT2D eigenvalue weighted by molar-refractivity contribution is -0.129. The maximum absolute atomic E-state index is 11.4. The molecule has 82 valence electrons. The zero-order chi connectivity index (χ0) is 10.4. The molecule has 14 heavy (non-hydrogen) atoms. The third kappa shape index (κ3) is 3.46. The van der Waals surface area contributed by atoms with Crippen LogP contribution in [-0.4, -0.2) is 43.0 Å². The Hall–Kier alpha value is -0.280. The first kappa shape index (κ1) is 11.8. The number of halogens is 1. The Morgan fingerprint density at radius 3 is 2.64 bits per heavy atom. The molecule has 3 nitrogen and oxygen atoms in total. The molecule has 0 aliphatic carbocycles. The molecule has 1 saturated heterocycles. The number of amides is 1. The molecule has 1 amide bonds. The van der Waals surface area contributed by atoms with E-state index in [4.69, 9.17) is 16.3 Å². The molecular formula is C10H18ClNO2. The average Bonchev–Trinajstić information content (AvgIpc) is 2.26. The van der Waals surface area contributed by atoms with E-state index in [0.29, 0.717) is 5.92 Å². The zero-order valence-electron chi connectivity index (χ0n) is 8.67. The summed E-state index contributed by atoms with van der Waals surface area (Å²) in [5.41, 5.74) is 0. The van der Waals surface area contributed by atoms with Gasteiger partial charge in [0, 0.05) is 26.3 Å². The van der Waals surface area contributed by atoms with E-state index < -0.39 is 0 Å². The van der Waals surface area contributed by atoms with E-state index in [9.17, 15) is 4.79 Å². The van der Waals surface area contributed by atoms with Crippen molar-refractivity contribution in [2.75, 3.05) is 32.2 Å². The highest BCUT2D eigenvalue weighted by Crippen LogP contribution is 2.16. The maximum atomic E-state index is 11.4. The number of rotatable bonds is 4. The van der Waals surface area contributed by atoms with Gasteiger partial charge in [-0.25, -0.2) is 0 Å². The molecule has 0 bridgehead atoms. The fourth-order valence-electron chi connectivity index (χ4n) is 1.73. The highest BCUT2D eigenvalue weighted by atomic mass is 35.5. The second-order valence-corrected chi connectivity index (χ2v) is 3.89. The summed E-state index contributed by atoms with van der Waals surface area (Å²) in [5.74, 6) is 0.730. The van der Waals surface area contributed by atoms with Crippen LogP contribution in [0.25, 0.3) is 0 Å². The highest BCUT2D eigenvalue weighted by molar-refractivity contribution is 6.27. The van der Waals surface area contributed by atoms with Gasteiger partial charge < -0.3 is 9.64 Å². The molecule has 1 fully saturated rings. The molecule has 0 spiro atoms. The Kier molecular flexibility index (Phi) is 5.26. The molecule has 0 aromatic rings. The quantitative estimate of drug-likeness (QED) is 0.671. The Morgan fingerprint density at radius 1 is 1.50 bits per heavy atom. The molecule has 1 aliphatic rings. The summed E-state index contributed by atoms with van der Waals surface area (Å²) in [6.45, 7) is 5.24. The van der Waals surface area contributed by atoms with E-state index in [0.717, 1.165) is 39.1 Å². The molecule has 0 unspecified atom stereocenters. The van der Waals surface area contributed by atoms with Gasteiger partial charge >= 0.3 is 0 Å². The van der Waals surface area contributed by atoms with Gasteiger partial charge in [0.05, 0.1) is 0 Å². The van der Waals surface area contributed by atoms with Crippen LogP contribution in [0.5, 0.6) is 0 Å². The summed E-state index contributed by atoms with van der Waals surface area (Å²) < 4.78 is 5.27. The van der Waals surface area contributed by atoms with Crippen molar-refractivity contribution in [3.8, 4) is 0 Å². The standard InChI is InChI=1S/C10H18ClNO2/c1-2-12(10(13)7-11)8-9-3-5-14-6-4-9/h9H,2-8H2,1H3. The van der Waals surface area contributed by atoms with E-state index >= 15 is 0 Å². The van der Waals surface area contributed by atoms with E-state index in [1.165, 1.54) is 0 Å². The number of hydrogen-bond acceptors (Lipinski definition) is 2. The van der Waals surface area contributed by atoms with Gasteiger partial charge in [0.1, 0.15) is 5.88 Å². The first-order valence-electron chi connectivity index (χ1n) is 5.19. The van der Waals surface area contributed by atoms with Gasteiger partial charge in [-0.2, -0.15) is 0 Å². The summed E-state index contributed by atoms with van der Waals surface area (Å²) in [7, 11) is 0. The number of nitrogens with zero attached hydrogens (tertiary/aromatic N) is 1. The van der Waals surface area contributed by atoms with Crippen molar-refractivity contribution in [1.82, 2.24) is 4.90 Å². The predicted molar refractivity (Wildman–Crippen MR) is 56.5 cm³/mol. The van der Waals surface area contributed by atoms with Crippen LogP contribution in [0.2, 0.25) is 0 Å². The van der Waals surface area contributed by atoms with Crippen LogP contribution >= 0.6 is 11.6 Å². The molecule has 0 saturated carbocycles. The molecule has 1 aliphatic heterocycles. The smallest absolute Gasteiger partial charge is 0.237 e. The lowest BCUT2D eigenvalue weighted by atomic mass is 10.00. The highest BCUT2D eigenvalue weighted by Gasteiger charge is 2.19. The molecule has 0 radical (unpaired) electrons. The van der Waals surface area contributed by atoms with E-state index in [1.807, 2.05) is 11.8 Å². The number of hydrogen-bond donors (Lipinski definition) is 0. The SMILES string of the molecule is CCN(CC1CCOCC1)C(=O)CCl. The van der Waals surface area contributed by atoms with Gasteiger partial charge in [0.15, 0.2) is 0 Å². The largest absolute Gasteiger partial charge is 0.381 e. The Morgan fingerprint density at radius 2 is 2.14 bits per heavy atom. The van der Waals surface area contributed by atoms with Crippen LogP contribution < -0.4 is 0 Å². The third-order valence-corrected chi connectivity index (χ3v) is 2.90. The summed E-state index contributed by atoms with van der Waals surface area (Å²) in [5, 5.41) is 0. The van der Waals surface area contributed by atoms with E-state index in [-0.39, 0.29) is 11.8 Å². The summed E-state index contributed by atoms with van der Waals surface area (Å²) in [4.78, 5) is 13.2. The van der Waals surface area contributed by atoms with Gasteiger partial charge in [-0.1, -0.05) is 0 Å². The van der Waals surface area contributed by atoms with Gasteiger partial charge in [0.2, 0.25) is 5.91 Å². The summed E-state index contributed by atoms with van der Waals surface area (Å²) >= 11 is 5.53. The first-order valence-corrected chi connectivity index (χ1v) is 5.72. The molecular weight excluding hydrogens is 202 g/mol. The van der Waals surface area contributed by atoms with E-state index in [1.54, 1.807) is 0 Å². The van der Waals surface area contributed by atoms with Crippen molar-refractivity contribution in [3.63, 3.8) is 0 Å². The molecule has 0 aromatic heterocycles. The summed E-state index contributed by atoms with van der Waals surface area (Å²) in [6, 6.07) is 0. The van der Waals surface area contributed by atoms with Crippen LogP contribution in [0.4, 0.5) is 0 Å². The minimum absolute atomic E-state index is 0.0423. The minimum Gasteiger partial charge on any atom is -0.381 e. The maximum Gasteiger partial charge on any atom is 0.237 e. The van der Waals surface area contributed by atoms with Crippen LogP contribution in [0, 0.1) is 5.92 Å². The topological polar surface area (TPSA) is 29.5 Å². The Bertz CT molecular complexity index is 181. The second-order valence-electron chi connectivity index (χ2n) is 3.62. The van der Waals surface area contributed by atoms with Gasteiger partial charge in [-0.3, -0.25) is 4.79 Å². The third-order valence-electron chi connectivity index (χ3n) is 2.67. The molecule has 0 aromatic carbocycles. The number of ether oxygens (including phenoxy) is 1. The van der Waals surface area contributed by atoms with Gasteiger partial charge in [-0.05, 0) is 25.7 Å². The van der Waals surface area contributed by atoms with Crippen molar-refractivity contribution < 1.29 is 9.53 Å². The molecule has 0 N–H and O–H groups in total. The number of carbonyl (C=O) groups is 1. The molecule has 1 rings (SSSR count). The Labute approximate surface area is 90.4 Å². The van der Waals surface area contributed by atoms with Crippen LogP contribution in [0.1, 0.15) is 19.8 Å². The molecule has 1 heterocycles. The van der Waals surface area contributed by atoms with Gasteiger partial charge in [-0.15, -0.1) is 11.6 Å². The lowest BCUT2D eigenvalue weighted by Gasteiger charge is -2.28. The van der Waals surface area contributed by atoms with Gasteiger partial charge in [0.25, 0.3) is 0 Å². The minimum atomic E-state index is 0.0423. The van der Waals surface area contributed by atoms with Crippen molar-refractivity contribution >= 4 is 17.5 Å². The van der Waals surface area contributed by atoms with Crippen molar-refractivity contribution in [1.29, 1.82) is 0 Å². The molecule has 4 heteroatoms. The normalized spacial score (nSPS) is 18.1. The monoisotopic (exact) mass is 219 g/mol. The van der Waals surface area contributed by atoms with Crippen molar-refractivity contribution in [2.45, 2.75) is 19.8 Å². The van der Waals surface area contributed by atoms with E-state index in [2.05, 4.69) is 0 Å². The van der Waals surface area contributed by atoms with Crippen molar-refractivity contribution in [3.05, 3.63) is 0 Å². The first-order chi connectivity index (χ1) is 6.77. The Balaban J connectivity index is 2.34. The second kappa shape index (κ2) is 6.25. The predicted octanol–water partition coefficient (Wildman–Crippen LogP) is 1.50. The fourth-order valence-corrected chi connectivity index (χ4v) is 1.90. The average molecular weight is 220 g/mol. The summed E-state index contributed by atoms with van der Waals surface area (Å²) in [6.07, 6.45) is 2.12. The van der Waals surface area contributed by atoms with Crippen LogP contribution in [0.15, 0.2) is 0 Å². The van der Waals surface area contributed by atoms with Crippen LogP contribution in [-0.2, 0) is 9.53 Å². The zero-order valence-corrected chi connectivity index (χ0v) is 9.42. The number of carbonyl (C=O) groups excluding carboxylic acids is 1. The van der Waals surface area contributed by atoms with Crippen LogP contribution in [0.3, 0.4) is 0 Å².